The van der Waals surface area contributed by atoms with Gasteiger partial charge in [-0.25, -0.2) is 14.5 Å². The number of hydrogen-bond acceptors (Lipinski definition) is 8. The molecule has 4 atom stereocenters. The number of rotatable bonds is 7. The SMILES string of the molecule is C[C@@H]1COC(=O)N1C(=O)[C@@H](CCC=O)[C@@H](OC(C)(C)C)[C@@H]1COC(C)(C)N1C(=O)OC(C)(C)C. The Labute approximate surface area is 202 Å². The molecule has 10 nitrogen and oxygen atoms in total. The highest BCUT2D eigenvalue weighted by molar-refractivity contribution is 5.95. The summed E-state index contributed by atoms with van der Waals surface area (Å²) in [7, 11) is 0. The molecule has 194 valence electrons. The van der Waals surface area contributed by atoms with E-state index in [-0.39, 0.29) is 26.1 Å². The molecule has 2 saturated heterocycles. The molecule has 2 aliphatic heterocycles. The van der Waals surface area contributed by atoms with Crippen molar-refractivity contribution in [2.24, 2.45) is 5.92 Å². The van der Waals surface area contributed by atoms with Crippen LogP contribution in [0.5, 0.6) is 0 Å². The highest BCUT2D eigenvalue weighted by atomic mass is 16.6. The number of hydrogen-bond donors (Lipinski definition) is 0. The zero-order valence-electron chi connectivity index (χ0n) is 21.9. The van der Waals surface area contributed by atoms with E-state index in [1.165, 1.54) is 4.90 Å². The lowest BCUT2D eigenvalue weighted by Crippen LogP contribution is -2.58. The Kier molecular flexibility index (Phi) is 8.41. The Morgan fingerprint density at radius 1 is 1.15 bits per heavy atom. The van der Waals surface area contributed by atoms with Crippen LogP contribution in [0.3, 0.4) is 0 Å². The molecule has 0 aliphatic carbocycles. The van der Waals surface area contributed by atoms with Crippen LogP contribution in [0.15, 0.2) is 0 Å². The molecular weight excluding hydrogens is 444 g/mol. The minimum absolute atomic E-state index is 0.0844. The lowest BCUT2D eigenvalue weighted by Gasteiger charge is -2.42. The maximum atomic E-state index is 13.7. The highest BCUT2D eigenvalue weighted by Gasteiger charge is 2.53. The van der Waals surface area contributed by atoms with Gasteiger partial charge in [-0.05, 0) is 68.7 Å². The van der Waals surface area contributed by atoms with Gasteiger partial charge in [0.05, 0.1) is 36.3 Å². The molecule has 0 aromatic carbocycles. The van der Waals surface area contributed by atoms with Crippen molar-refractivity contribution in [2.45, 2.75) is 110 Å². The molecule has 2 aliphatic rings. The first-order chi connectivity index (χ1) is 15.5. The molecule has 2 rings (SSSR count). The van der Waals surface area contributed by atoms with Gasteiger partial charge < -0.3 is 23.7 Å². The third-order valence-electron chi connectivity index (χ3n) is 5.61. The normalized spacial score (nSPS) is 24.6. The molecule has 0 unspecified atom stereocenters. The van der Waals surface area contributed by atoms with Crippen molar-refractivity contribution < 1.29 is 38.1 Å². The number of cyclic esters (lactones) is 1. The summed E-state index contributed by atoms with van der Waals surface area (Å²) in [6.45, 7) is 16.2. The van der Waals surface area contributed by atoms with Crippen molar-refractivity contribution >= 4 is 24.4 Å². The van der Waals surface area contributed by atoms with Crippen molar-refractivity contribution in [2.75, 3.05) is 13.2 Å². The molecule has 2 heterocycles. The number of amides is 3. The van der Waals surface area contributed by atoms with E-state index in [4.69, 9.17) is 18.9 Å². The minimum atomic E-state index is -1.02. The first kappa shape index (κ1) is 28.0. The van der Waals surface area contributed by atoms with Crippen LogP contribution in [0.2, 0.25) is 0 Å². The molecule has 0 aromatic heterocycles. The van der Waals surface area contributed by atoms with Crippen molar-refractivity contribution in [1.29, 1.82) is 0 Å². The van der Waals surface area contributed by atoms with E-state index >= 15 is 0 Å². The average Bonchev–Trinajstić information content (AvgIpc) is 3.16. The second-order valence-corrected chi connectivity index (χ2v) is 11.4. The van der Waals surface area contributed by atoms with E-state index in [2.05, 4.69) is 0 Å². The van der Waals surface area contributed by atoms with Crippen molar-refractivity contribution in [3.05, 3.63) is 0 Å². The Morgan fingerprint density at radius 3 is 2.24 bits per heavy atom. The second-order valence-electron chi connectivity index (χ2n) is 11.4. The molecule has 10 heteroatoms. The maximum Gasteiger partial charge on any atom is 0.416 e. The fourth-order valence-corrected chi connectivity index (χ4v) is 4.26. The zero-order valence-corrected chi connectivity index (χ0v) is 21.9. The molecular formula is C24H40N2O8. The van der Waals surface area contributed by atoms with E-state index in [9.17, 15) is 19.2 Å². The molecule has 0 bridgehead atoms. The Balaban J connectivity index is 2.53. The van der Waals surface area contributed by atoms with Gasteiger partial charge in [0.15, 0.2) is 0 Å². The number of imide groups is 1. The molecule has 0 spiro atoms. The average molecular weight is 485 g/mol. The summed E-state index contributed by atoms with van der Waals surface area (Å²) < 4.78 is 23.1. The van der Waals surface area contributed by atoms with Crippen molar-refractivity contribution in [1.82, 2.24) is 9.80 Å². The van der Waals surface area contributed by atoms with E-state index < -0.39 is 59.1 Å². The Bertz CT molecular complexity index is 783. The first-order valence-electron chi connectivity index (χ1n) is 11.8. The maximum absolute atomic E-state index is 13.7. The van der Waals surface area contributed by atoms with Gasteiger partial charge in [-0.1, -0.05) is 0 Å². The van der Waals surface area contributed by atoms with Gasteiger partial charge >= 0.3 is 12.2 Å². The number of ether oxygens (including phenoxy) is 4. The zero-order chi connectivity index (χ0) is 26.1. The van der Waals surface area contributed by atoms with Gasteiger partial charge in [-0.3, -0.25) is 9.69 Å². The quantitative estimate of drug-likeness (QED) is 0.505. The predicted octanol–water partition coefficient (Wildman–Crippen LogP) is 3.50. The number of aldehydes is 1. The van der Waals surface area contributed by atoms with Crippen LogP contribution >= 0.6 is 0 Å². The summed E-state index contributed by atoms with van der Waals surface area (Å²) in [5.74, 6) is -1.40. The van der Waals surface area contributed by atoms with Gasteiger partial charge in [0, 0.05) is 6.42 Å². The summed E-state index contributed by atoms with van der Waals surface area (Å²) in [5, 5.41) is 0. The van der Waals surface area contributed by atoms with Crippen LogP contribution in [0, 0.1) is 5.92 Å². The van der Waals surface area contributed by atoms with Crippen LogP contribution in [-0.2, 0) is 28.5 Å². The van der Waals surface area contributed by atoms with E-state index in [0.717, 1.165) is 11.2 Å². The number of nitrogens with zero attached hydrogens (tertiary/aromatic N) is 2. The van der Waals surface area contributed by atoms with Crippen molar-refractivity contribution in [3.63, 3.8) is 0 Å². The van der Waals surface area contributed by atoms with Crippen LogP contribution in [-0.4, -0.2) is 82.5 Å². The molecule has 2 fully saturated rings. The predicted molar refractivity (Wildman–Crippen MR) is 123 cm³/mol. The third-order valence-corrected chi connectivity index (χ3v) is 5.61. The van der Waals surface area contributed by atoms with Gasteiger partial charge in [0.2, 0.25) is 5.91 Å². The summed E-state index contributed by atoms with van der Waals surface area (Å²) in [6.07, 6.45) is -1.25. The smallest absolute Gasteiger partial charge is 0.416 e. The Hall–Kier alpha value is -2.20. The van der Waals surface area contributed by atoms with Crippen LogP contribution < -0.4 is 0 Å². The molecule has 34 heavy (non-hydrogen) atoms. The summed E-state index contributed by atoms with van der Waals surface area (Å²) >= 11 is 0. The van der Waals surface area contributed by atoms with Gasteiger partial charge in [0.1, 0.15) is 24.2 Å². The van der Waals surface area contributed by atoms with E-state index in [1.54, 1.807) is 41.5 Å². The molecule has 3 amide bonds. The van der Waals surface area contributed by atoms with Gasteiger partial charge in [-0.2, -0.15) is 0 Å². The largest absolute Gasteiger partial charge is 0.447 e. The molecule has 0 radical (unpaired) electrons. The van der Waals surface area contributed by atoms with Crippen LogP contribution in [0.4, 0.5) is 9.59 Å². The lowest BCUT2D eigenvalue weighted by molar-refractivity contribution is -0.154. The summed E-state index contributed by atoms with van der Waals surface area (Å²) in [6, 6.07) is -1.15. The molecule has 0 aromatic rings. The standard InChI is InChI=1S/C24H40N2O8/c1-15-13-31-20(29)25(15)19(28)16(11-10-12-27)18(33-22(2,3)4)17-14-32-24(8,9)26(17)21(30)34-23(5,6)7/h12,15-18H,10-11,13-14H2,1-9H3/t15-,16+,17+,18-/m1/s1. The Morgan fingerprint density at radius 2 is 1.76 bits per heavy atom. The first-order valence-corrected chi connectivity index (χ1v) is 11.8. The summed E-state index contributed by atoms with van der Waals surface area (Å²) in [4.78, 5) is 53.1. The van der Waals surface area contributed by atoms with Crippen LogP contribution in [0.1, 0.15) is 75.2 Å². The van der Waals surface area contributed by atoms with E-state index in [0.29, 0.717) is 0 Å². The third kappa shape index (κ3) is 6.69. The molecule has 0 N–H and O–H groups in total. The molecule has 0 saturated carbocycles. The monoisotopic (exact) mass is 484 g/mol. The van der Waals surface area contributed by atoms with Crippen molar-refractivity contribution in [3.8, 4) is 0 Å². The lowest BCUT2D eigenvalue weighted by atomic mass is 9.88. The fourth-order valence-electron chi connectivity index (χ4n) is 4.26. The van der Waals surface area contributed by atoms with Crippen LogP contribution in [0.25, 0.3) is 0 Å². The number of carbonyl (C=O) groups excluding carboxylic acids is 4. The summed E-state index contributed by atoms with van der Waals surface area (Å²) in [5.41, 5.74) is -2.47. The highest BCUT2D eigenvalue weighted by Crippen LogP contribution is 2.37. The number of carbonyl (C=O) groups is 4. The second kappa shape index (κ2) is 10.2. The fraction of sp³-hybridized carbons (Fsp3) is 0.833. The minimum Gasteiger partial charge on any atom is -0.447 e. The van der Waals surface area contributed by atoms with Gasteiger partial charge in [0.25, 0.3) is 0 Å². The van der Waals surface area contributed by atoms with E-state index in [1.807, 2.05) is 20.8 Å². The topological polar surface area (TPSA) is 112 Å². The van der Waals surface area contributed by atoms with Gasteiger partial charge in [-0.15, -0.1) is 0 Å².